The summed E-state index contributed by atoms with van der Waals surface area (Å²) in [7, 11) is 1.97. The van der Waals surface area contributed by atoms with Crippen LogP contribution < -0.4 is 5.32 Å². The minimum Gasteiger partial charge on any atom is -0.341 e. The number of tetrazole rings is 1. The molecule has 3 rings (SSSR count). The summed E-state index contributed by atoms with van der Waals surface area (Å²) >= 11 is 0. The van der Waals surface area contributed by atoms with E-state index in [4.69, 9.17) is 0 Å². The van der Waals surface area contributed by atoms with Gasteiger partial charge < -0.3 is 10.2 Å². The minimum absolute atomic E-state index is 0.0609. The standard InChI is InChI=1S/C17H24N6O/c1-13-3-5-15(6-4-13)17-19-21-23(20-17)12-16(24)22-9-7-14(8-10-22)11-18-2/h3-6,14,18H,7-12H2,1-2H3. The van der Waals surface area contributed by atoms with E-state index >= 15 is 0 Å². The van der Waals surface area contributed by atoms with Gasteiger partial charge in [0, 0.05) is 18.7 Å². The van der Waals surface area contributed by atoms with Gasteiger partial charge in [0.15, 0.2) is 0 Å². The summed E-state index contributed by atoms with van der Waals surface area (Å²) in [4.78, 5) is 15.7. The lowest BCUT2D eigenvalue weighted by atomic mass is 9.97. The molecule has 0 bridgehead atoms. The average molecular weight is 328 g/mol. The monoisotopic (exact) mass is 328 g/mol. The van der Waals surface area contributed by atoms with Crippen molar-refractivity contribution in [1.29, 1.82) is 0 Å². The van der Waals surface area contributed by atoms with Gasteiger partial charge in [-0.2, -0.15) is 4.80 Å². The number of hydrogen-bond acceptors (Lipinski definition) is 5. The second-order valence-corrected chi connectivity index (χ2v) is 6.39. The molecule has 24 heavy (non-hydrogen) atoms. The van der Waals surface area contributed by atoms with E-state index in [1.165, 1.54) is 10.4 Å². The Kier molecular flexibility index (Phi) is 5.20. The lowest BCUT2D eigenvalue weighted by molar-refractivity contribution is -0.133. The summed E-state index contributed by atoms with van der Waals surface area (Å²) in [5, 5.41) is 15.6. The second-order valence-electron chi connectivity index (χ2n) is 6.39. The van der Waals surface area contributed by atoms with Crippen molar-refractivity contribution in [2.45, 2.75) is 26.3 Å². The van der Waals surface area contributed by atoms with Crippen LogP contribution in [0.4, 0.5) is 0 Å². The van der Waals surface area contributed by atoms with Gasteiger partial charge in [0.25, 0.3) is 0 Å². The molecule has 0 radical (unpaired) electrons. The predicted molar refractivity (Wildman–Crippen MR) is 91.2 cm³/mol. The van der Waals surface area contributed by atoms with Crippen LogP contribution in [-0.2, 0) is 11.3 Å². The number of carbonyl (C=O) groups excluding carboxylic acids is 1. The van der Waals surface area contributed by atoms with Crippen molar-refractivity contribution < 1.29 is 4.79 Å². The maximum atomic E-state index is 12.4. The van der Waals surface area contributed by atoms with E-state index in [2.05, 4.69) is 20.7 Å². The van der Waals surface area contributed by atoms with Gasteiger partial charge in [0.2, 0.25) is 11.7 Å². The topological polar surface area (TPSA) is 75.9 Å². The van der Waals surface area contributed by atoms with Gasteiger partial charge >= 0.3 is 0 Å². The highest BCUT2D eigenvalue weighted by Crippen LogP contribution is 2.17. The lowest BCUT2D eigenvalue weighted by Crippen LogP contribution is -2.42. The molecule has 1 aromatic carbocycles. The zero-order valence-corrected chi connectivity index (χ0v) is 14.3. The molecule has 2 heterocycles. The first-order chi connectivity index (χ1) is 11.7. The highest BCUT2D eigenvalue weighted by atomic mass is 16.2. The molecule has 1 aliphatic rings. The van der Waals surface area contributed by atoms with Gasteiger partial charge in [0.05, 0.1) is 0 Å². The fourth-order valence-electron chi connectivity index (χ4n) is 3.02. The van der Waals surface area contributed by atoms with Crippen LogP contribution in [0.15, 0.2) is 24.3 Å². The molecule has 1 aromatic heterocycles. The average Bonchev–Trinajstić information content (AvgIpc) is 3.05. The number of amides is 1. The van der Waals surface area contributed by atoms with E-state index in [1.807, 2.05) is 43.1 Å². The summed E-state index contributed by atoms with van der Waals surface area (Å²) in [6.07, 6.45) is 2.10. The zero-order valence-electron chi connectivity index (χ0n) is 14.3. The molecule has 7 nitrogen and oxygen atoms in total. The van der Waals surface area contributed by atoms with Crippen LogP contribution in [0.3, 0.4) is 0 Å². The quantitative estimate of drug-likeness (QED) is 0.890. The largest absolute Gasteiger partial charge is 0.341 e. The molecular formula is C17H24N6O. The summed E-state index contributed by atoms with van der Waals surface area (Å²) in [6.45, 7) is 4.82. The number of likely N-dealkylation sites (tertiary alicyclic amines) is 1. The summed E-state index contributed by atoms with van der Waals surface area (Å²) in [5.74, 6) is 1.28. The van der Waals surface area contributed by atoms with Crippen molar-refractivity contribution in [1.82, 2.24) is 30.4 Å². The molecule has 0 spiro atoms. The minimum atomic E-state index is 0.0609. The van der Waals surface area contributed by atoms with E-state index in [0.717, 1.165) is 38.0 Å². The Morgan fingerprint density at radius 1 is 1.25 bits per heavy atom. The summed E-state index contributed by atoms with van der Waals surface area (Å²) in [5.41, 5.74) is 2.09. The molecule has 1 aliphatic heterocycles. The molecule has 1 amide bonds. The fraction of sp³-hybridized carbons (Fsp3) is 0.529. The molecule has 1 saturated heterocycles. The van der Waals surface area contributed by atoms with Crippen LogP contribution in [-0.4, -0.2) is 57.7 Å². The molecule has 0 saturated carbocycles. The molecular weight excluding hydrogens is 304 g/mol. The third-order valence-corrected chi connectivity index (χ3v) is 4.50. The second kappa shape index (κ2) is 7.53. The molecule has 1 N–H and O–H groups in total. The number of aromatic nitrogens is 4. The Bertz CT molecular complexity index is 673. The number of nitrogens with zero attached hydrogens (tertiary/aromatic N) is 5. The van der Waals surface area contributed by atoms with Crippen molar-refractivity contribution in [2.75, 3.05) is 26.7 Å². The van der Waals surface area contributed by atoms with Crippen molar-refractivity contribution in [3.8, 4) is 11.4 Å². The third-order valence-electron chi connectivity index (χ3n) is 4.50. The number of aryl methyl sites for hydroxylation is 1. The van der Waals surface area contributed by atoms with Crippen LogP contribution in [0, 0.1) is 12.8 Å². The normalized spacial score (nSPS) is 15.7. The maximum Gasteiger partial charge on any atom is 0.246 e. The Balaban J connectivity index is 1.57. The van der Waals surface area contributed by atoms with Gasteiger partial charge in [-0.1, -0.05) is 29.8 Å². The van der Waals surface area contributed by atoms with Gasteiger partial charge in [-0.15, -0.1) is 10.2 Å². The van der Waals surface area contributed by atoms with Crippen molar-refractivity contribution in [3.63, 3.8) is 0 Å². The van der Waals surface area contributed by atoms with Crippen molar-refractivity contribution in [3.05, 3.63) is 29.8 Å². The highest BCUT2D eigenvalue weighted by molar-refractivity contribution is 5.75. The first kappa shape index (κ1) is 16.6. The van der Waals surface area contributed by atoms with Gasteiger partial charge in [-0.3, -0.25) is 4.79 Å². The Morgan fingerprint density at radius 2 is 1.96 bits per heavy atom. The number of nitrogens with one attached hydrogen (secondary N) is 1. The Hall–Kier alpha value is -2.28. The molecule has 1 fully saturated rings. The third kappa shape index (κ3) is 3.97. The lowest BCUT2D eigenvalue weighted by Gasteiger charge is -2.31. The van der Waals surface area contributed by atoms with E-state index in [-0.39, 0.29) is 12.5 Å². The number of benzene rings is 1. The number of rotatable bonds is 5. The summed E-state index contributed by atoms with van der Waals surface area (Å²) in [6, 6.07) is 7.95. The smallest absolute Gasteiger partial charge is 0.246 e. The predicted octanol–water partition coefficient (Wildman–Crippen LogP) is 1.11. The first-order valence-corrected chi connectivity index (χ1v) is 8.43. The van der Waals surface area contributed by atoms with Gasteiger partial charge in [0.1, 0.15) is 6.54 Å². The van der Waals surface area contributed by atoms with Gasteiger partial charge in [-0.25, -0.2) is 0 Å². The SMILES string of the molecule is CNCC1CCN(C(=O)Cn2nnc(-c3ccc(C)cc3)n2)CC1. The van der Waals surface area contributed by atoms with E-state index in [0.29, 0.717) is 11.7 Å². The molecule has 0 unspecified atom stereocenters. The number of carbonyl (C=O) groups is 1. The molecule has 2 aromatic rings. The van der Waals surface area contributed by atoms with Crippen LogP contribution in [0.5, 0.6) is 0 Å². The molecule has 0 atom stereocenters. The Labute approximate surface area is 142 Å². The van der Waals surface area contributed by atoms with E-state index in [1.54, 1.807) is 0 Å². The molecule has 128 valence electrons. The fourth-order valence-corrected chi connectivity index (χ4v) is 3.02. The van der Waals surface area contributed by atoms with Crippen molar-refractivity contribution >= 4 is 5.91 Å². The van der Waals surface area contributed by atoms with Crippen LogP contribution in [0.1, 0.15) is 18.4 Å². The van der Waals surface area contributed by atoms with E-state index in [9.17, 15) is 4.79 Å². The van der Waals surface area contributed by atoms with Gasteiger partial charge in [-0.05, 0) is 44.5 Å². The number of hydrogen-bond donors (Lipinski definition) is 1. The van der Waals surface area contributed by atoms with E-state index < -0.39 is 0 Å². The summed E-state index contributed by atoms with van der Waals surface area (Å²) < 4.78 is 0. The van der Waals surface area contributed by atoms with Crippen LogP contribution in [0.2, 0.25) is 0 Å². The first-order valence-electron chi connectivity index (χ1n) is 8.43. The highest BCUT2D eigenvalue weighted by Gasteiger charge is 2.23. The van der Waals surface area contributed by atoms with Crippen molar-refractivity contribution in [2.24, 2.45) is 5.92 Å². The molecule has 0 aliphatic carbocycles. The molecule has 7 heteroatoms. The zero-order chi connectivity index (χ0) is 16.9. The Morgan fingerprint density at radius 3 is 2.62 bits per heavy atom. The maximum absolute atomic E-state index is 12.4. The number of piperidine rings is 1. The van der Waals surface area contributed by atoms with Crippen LogP contribution >= 0.6 is 0 Å². The van der Waals surface area contributed by atoms with Crippen LogP contribution in [0.25, 0.3) is 11.4 Å².